The van der Waals surface area contributed by atoms with E-state index in [9.17, 15) is 0 Å². The Kier molecular flexibility index (Phi) is 2.15. The lowest BCUT2D eigenvalue weighted by atomic mass is 10.2. The fourth-order valence-electron chi connectivity index (χ4n) is 1.75. The number of aromatic nitrogens is 2. The minimum atomic E-state index is 0.697. The van der Waals surface area contributed by atoms with Gasteiger partial charge in [-0.05, 0) is 22.9 Å². The molecule has 0 aliphatic rings. The largest absolute Gasteiger partial charge is 0.307 e. The molecule has 16 heavy (non-hydrogen) atoms. The smallest absolute Gasteiger partial charge is 0.138 e. The van der Waals surface area contributed by atoms with Crippen molar-refractivity contribution in [2.75, 3.05) is 0 Å². The average Bonchev–Trinajstić information content (AvgIpc) is 2.72. The zero-order chi connectivity index (χ0) is 11.0. The number of pyridine rings is 1. The van der Waals surface area contributed by atoms with Crippen LogP contribution in [0.3, 0.4) is 0 Å². The van der Waals surface area contributed by atoms with Gasteiger partial charge >= 0.3 is 0 Å². The summed E-state index contributed by atoms with van der Waals surface area (Å²) in [6.07, 6.45) is 5.81. The van der Waals surface area contributed by atoms with Crippen LogP contribution in [0, 0.1) is 0 Å². The van der Waals surface area contributed by atoms with Gasteiger partial charge in [-0.15, -0.1) is 0 Å². The molecule has 0 saturated carbocycles. The maximum absolute atomic E-state index is 5.94. The van der Waals surface area contributed by atoms with Crippen molar-refractivity contribution in [3.63, 3.8) is 0 Å². The molecule has 0 unspecified atom stereocenters. The van der Waals surface area contributed by atoms with Crippen molar-refractivity contribution in [2.24, 2.45) is 0 Å². The van der Waals surface area contributed by atoms with Gasteiger partial charge in [0.25, 0.3) is 0 Å². The molecule has 0 aliphatic heterocycles. The third-order valence-corrected chi connectivity index (χ3v) is 2.76. The molecule has 3 rings (SSSR count). The van der Waals surface area contributed by atoms with Crippen molar-refractivity contribution in [1.29, 1.82) is 0 Å². The minimum absolute atomic E-state index is 0.697. The number of halogens is 1. The lowest BCUT2D eigenvalue weighted by Gasteiger charge is -2.00. The van der Waals surface area contributed by atoms with Gasteiger partial charge in [0.1, 0.15) is 5.82 Å². The molecule has 0 amide bonds. The molecular weight excluding hydrogens is 220 g/mol. The number of hydrogen-bond donors (Lipinski definition) is 0. The van der Waals surface area contributed by atoms with E-state index in [-0.39, 0.29) is 0 Å². The van der Waals surface area contributed by atoms with Crippen LogP contribution in [0.25, 0.3) is 16.6 Å². The molecule has 0 radical (unpaired) electrons. The summed E-state index contributed by atoms with van der Waals surface area (Å²) in [5, 5.41) is 3.09. The van der Waals surface area contributed by atoms with Gasteiger partial charge in [0.2, 0.25) is 0 Å². The summed E-state index contributed by atoms with van der Waals surface area (Å²) in [6, 6.07) is 11.8. The molecule has 0 spiro atoms. The zero-order valence-corrected chi connectivity index (χ0v) is 9.22. The summed E-state index contributed by atoms with van der Waals surface area (Å²) in [5.74, 6) is 0.837. The van der Waals surface area contributed by atoms with Crippen molar-refractivity contribution < 1.29 is 0 Å². The van der Waals surface area contributed by atoms with E-state index in [0.29, 0.717) is 5.02 Å². The summed E-state index contributed by atoms with van der Waals surface area (Å²) in [4.78, 5) is 4.28. The Labute approximate surface area is 98.1 Å². The highest BCUT2D eigenvalue weighted by atomic mass is 35.5. The van der Waals surface area contributed by atoms with E-state index in [1.54, 1.807) is 12.3 Å². The van der Waals surface area contributed by atoms with Gasteiger partial charge in [0, 0.05) is 23.6 Å². The van der Waals surface area contributed by atoms with Gasteiger partial charge in [0.15, 0.2) is 0 Å². The van der Waals surface area contributed by atoms with E-state index in [0.717, 1.165) is 5.82 Å². The summed E-state index contributed by atoms with van der Waals surface area (Å²) in [5.41, 5.74) is 0. The van der Waals surface area contributed by atoms with Crippen molar-refractivity contribution in [3.8, 4) is 5.82 Å². The third kappa shape index (κ3) is 1.57. The lowest BCUT2D eigenvalue weighted by molar-refractivity contribution is 1.01. The summed E-state index contributed by atoms with van der Waals surface area (Å²) < 4.78 is 1.98. The van der Waals surface area contributed by atoms with E-state index in [2.05, 4.69) is 17.1 Å². The van der Waals surface area contributed by atoms with Crippen LogP contribution in [-0.4, -0.2) is 9.55 Å². The molecule has 1 aromatic carbocycles. The first-order valence-electron chi connectivity index (χ1n) is 5.01. The molecule has 3 aromatic rings. The van der Waals surface area contributed by atoms with Crippen LogP contribution in [-0.2, 0) is 0 Å². The number of hydrogen-bond acceptors (Lipinski definition) is 1. The highest BCUT2D eigenvalue weighted by Crippen LogP contribution is 2.19. The second-order valence-electron chi connectivity index (χ2n) is 3.63. The maximum atomic E-state index is 5.94. The van der Waals surface area contributed by atoms with E-state index in [1.165, 1.54) is 10.8 Å². The quantitative estimate of drug-likeness (QED) is 0.621. The Balaban J connectivity index is 2.19. The number of nitrogens with zero attached hydrogens (tertiary/aromatic N) is 2. The van der Waals surface area contributed by atoms with Gasteiger partial charge in [-0.1, -0.05) is 35.9 Å². The zero-order valence-electron chi connectivity index (χ0n) is 8.47. The normalized spacial score (nSPS) is 10.8. The van der Waals surface area contributed by atoms with Crippen molar-refractivity contribution in [1.82, 2.24) is 9.55 Å². The highest BCUT2D eigenvalue weighted by molar-refractivity contribution is 6.30. The molecule has 0 atom stereocenters. The molecule has 0 fully saturated rings. The van der Waals surface area contributed by atoms with Gasteiger partial charge < -0.3 is 4.57 Å². The van der Waals surface area contributed by atoms with Crippen LogP contribution in [0.15, 0.2) is 55.0 Å². The van der Waals surface area contributed by atoms with Gasteiger partial charge in [-0.3, -0.25) is 0 Å². The molecular formula is C13H9ClN2. The maximum Gasteiger partial charge on any atom is 0.138 e. The van der Waals surface area contributed by atoms with Gasteiger partial charge in [-0.25, -0.2) is 4.98 Å². The first-order chi connectivity index (χ1) is 7.83. The molecule has 2 nitrogen and oxygen atoms in total. The Bertz CT molecular complexity index is 610. The minimum Gasteiger partial charge on any atom is -0.307 e. The monoisotopic (exact) mass is 228 g/mol. The van der Waals surface area contributed by atoms with Crippen molar-refractivity contribution in [3.05, 3.63) is 60.0 Å². The molecule has 2 aromatic heterocycles. The van der Waals surface area contributed by atoms with Crippen molar-refractivity contribution in [2.45, 2.75) is 0 Å². The van der Waals surface area contributed by atoms with E-state index in [4.69, 9.17) is 11.6 Å². The topological polar surface area (TPSA) is 17.8 Å². The van der Waals surface area contributed by atoms with Crippen LogP contribution in [0.5, 0.6) is 0 Å². The van der Waals surface area contributed by atoms with Gasteiger partial charge in [0.05, 0.1) is 0 Å². The SMILES string of the molecule is Clc1ccnc(-n2cc3ccccc3c2)c1. The molecule has 0 saturated heterocycles. The van der Waals surface area contributed by atoms with E-state index >= 15 is 0 Å². The van der Waals surface area contributed by atoms with Crippen LogP contribution in [0.4, 0.5) is 0 Å². The molecule has 3 heteroatoms. The average molecular weight is 229 g/mol. The number of fused-ring (bicyclic) bond motifs is 1. The third-order valence-electron chi connectivity index (χ3n) is 2.52. The summed E-state index contributed by atoms with van der Waals surface area (Å²) >= 11 is 5.94. The number of rotatable bonds is 1. The Morgan fingerprint density at radius 3 is 2.31 bits per heavy atom. The second-order valence-corrected chi connectivity index (χ2v) is 4.06. The summed E-state index contributed by atoms with van der Waals surface area (Å²) in [6.45, 7) is 0. The fraction of sp³-hybridized carbons (Fsp3) is 0. The Hall–Kier alpha value is -1.80. The van der Waals surface area contributed by atoms with E-state index in [1.807, 2.05) is 35.2 Å². The first kappa shape index (κ1) is 9.43. The second kappa shape index (κ2) is 3.65. The van der Waals surface area contributed by atoms with E-state index < -0.39 is 0 Å². The van der Waals surface area contributed by atoms with Crippen LogP contribution in [0.2, 0.25) is 5.02 Å². The Morgan fingerprint density at radius 2 is 1.69 bits per heavy atom. The van der Waals surface area contributed by atoms with Crippen LogP contribution >= 0.6 is 11.6 Å². The standard InChI is InChI=1S/C13H9ClN2/c14-12-5-6-15-13(7-12)16-8-10-3-1-2-4-11(10)9-16/h1-9H. The molecule has 0 aliphatic carbocycles. The predicted molar refractivity (Wildman–Crippen MR) is 66.1 cm³/mol. The van der Waals surface area contributed by atoms with Crippen molar-refractivity contribution >= 4 is 22.4 Å². The Morgan fingerprint density at radius 1 is 1.00 bits per heavy atom. The molecule has 78 valence electrons. The molecule has 2 heterocycles. The predicted octanol–water partition coefficient (Wildman–Crippen LogP) is 3.68. The summed E-state index contributed by atoms with van der Waals surface area (Å²) in [7, 11) is 0. The fourth-order valence-corrected chi connectivity index (χ4v) is 1.90. The van der Waals surface area contributed by atoms with Crippen LogP contribution in [0.1, 0.15) is 0 Å². The number of benzene rings is 1. The molecule has 0 N–H and O–H groups in total. The van der Waals surface area contributed by atoms with Crippen LogP contribution < -0.4 is 0 Å². The molecule has 0 bridgehead atoms. The highest BCUT2D eigenvalue weighted by Gasteiger charge is 2.01. The lowest BCUT2D eigenvalue weighted by Crippen LogP contribution is -1.92. The first-order valence-corrected chi connectivity index (χ1v) is 5.39. The van der Waals surface area contributed by atoms with Gasteiger partial charge in [-0.2, -0.15) is 0 Å².